The van der Waals surface area contributed by atoms with Gasteiger partial charge in [0.1, 0.15) is 17.0 Å². The third kappa shape index (κ3) is 8.66. The van der Waals surface area contributed by atoms with E-state index in [4.69, 9.17) is 15.7 Å². The molecule has 0 spiro atoms. The Hall–Kier alpha value is -3.09. The molecule has 1 aromatic heterocycles. The van der Waals surface area contributed by atoms with Crippen LogP contribution in [0.5, 0.6) is 0 Å². The van der Waals surface area contributed by atoms with Gasteiger partial charge in [-0.15, -0.1) is 0 Å². The highest BCUT2D eigenvalue weighted by Crippen LogP contribution is 2.30. The average molecular weight is 433 g/mol. The van der Waals surface area contributed by atoms with E-state index in [0.29, 0.717) is 12.3 Å². The molecule has 0 saturated heterocycles. The molecule has 2 fully saturated rings. The van der Waals surface area contributed by atoms with Crippen molar-refractivity contribution in [3.8, 4) is 6.07 Å². The average Bonchev–Trinajstić information content (AvgIpc) is 3.42. The van der Waals surface area contributed by atoms with E-state index in [0.717, 1.165) is 38.5 Å². The van der Waals surface area contributed by atoms with Crippen LogP contribution in [0.2, 0.25) is 0 Å². The predicted octanol–water partition coefficient (Wildman–Crippen LogP) is 2.84. The van der Waals surface area contributed by atoms with Crippen LogP contribution in [-0.2, 0) is 9.53 Å². The number of carbonyl (C=O) groups is 3. The SMILES string of the molecule is CC(C)(C)OC(=O)NC1CCC(CC#N)CC1.NC(=O)c1cn[nH]c1NC(=O)C1CC1. The second-order valence-electron chi connectivity index (χ2n) is 9.01. The second kappa shape index (κ2) is 10.8. The number of carbonyl (C=O) groups excluding carboxylic acids is 3. The van der Waals surface area contributed by atoms with E-state index >= 15 is 0 Å². The number of rotatable bonds is 5. The number of anilines is 1. The Kier molecular flexibility index (Phi) is 8.42. The number of aromatic amines is 1. The van der Waals surface area contributed by atoms with Crippen LogP contribution in [-0.4, -0.2) is 39.7 Å². The van der Waals surface area contributed by atoms with Crippen LogP contribution in [0.3, 0.4) is 0 Å². The molecule has 0 bridgehead atoms. The van der Waals surface area contributed by atoms with Crippen molar-refractivity contribution in [2.24, 2.45) is 17.6 Å². The molecule has 3 rings (SSSR count). The quantitative estimate of drug-likeness (QED) is 0.559. The van der Waals surface area contributed by atoms with Crippen molar-refractivity contribution < 1.29 is 19.1 Å². The van der Waals surface area contributed by atoms with Gasteiger partial charge in [0.05, 0.1) is 12.3 Å². The maximum Gasteiger partial charge on any atom is 0.407 e. The van der Waals surface area contributed by atoms with Crippen LogP contribution >= 0.6 is 0 Å². The minimum atomic E-state index is -0.607. The van der Waals surface area contributed by atoms with E-state index < -0.39 is 11.5 Å². The smallest absolute Gasteiger partial charge is 0.407 e. The van der Waals surface area contributed by atoms with Gasteiger partial charge in [-0.05, 0) is 65.2 Å². The first-order chi connectivity index (χ1) is 14.6. The number of nitrogens with zero attached hydrogens (tertiary/aromatic N) is 2. The number of ether oxygens (including phenoxy) is 1. The van der Waals surface area contributed by atoms with E-state index in [1.54, 1.807) is 0 Å². The first-order valence-corrected chi connectivity index (χ1v) is 10.6. The highest BCUT2D eigenvalue weighted by atomic mass is 16.6. The summed E-state index contributed by atoms with van der Waals surface area (Å²) in [6.07, 6.45) is 7.36. The Morgan fingerprint density at radius 1 is 1.23 bits per heavy atom. The monoisotopic (exact) mass is 432 g/mol. The van der Waals surface area contributed by atoms with Crippen molar-refractivity contribution in [1.29, 1.82) is 5.26 Å². The molecule has 10 heteroatoms. The van der Waals surface area contributed by atoms with E-state index in [1.165, 1.54) is 6.20 Å². The van der Waals surface area contributed by atoms with Crippen LogP contribution in [0.25, 0.3) is 0 Å². The number of hydrogen-bond donors (Lipinski definition) is 4. The number of alkyl carbamates (subject to hydrolysis) is 1. The van der Waals surface area contributed by atoms with Crippen molar-refractivity contribution >= 4 is 23.7 Å². The van der Waals surface area contributed by atoms with Crippen molar-refractivity contribution in [2.45, 2.75) is 77.4 Å². The topological polar surface area (TPSA) is 163 Å². The van der Waals surface area contributed by atoms with Crippen LogP contribution in [0, 0.1) is 23.2 Å². The molecule has 31 heavy (non-hydrogen) atoms. The molecule has 170 valence electrons. The molecule has 0 aliphatic heterocycles. The Labute approximate surface area is 182 Å². The van der Waals surface area contributed by atoms with Gasteiger partial charge in [-0.1, -0.05) is 0 Å². The van der Waals surface area contributed by atoms with E-state index in [9.17, 15) is 14.4 Å². The maximum absolute atomic E-state index is 11.5. The summed E-state index contributed by atoms with van der Waals surface area (Å²) in [5.74, 6) is 0.187. The van der Waals surface area contributed by atoms with Crippen molar-refractivity contribution in [3.63, 3.8) is 0 Å². The lowest BCUT2D eigenvalue weighted by Crippen LogP contribution is -2.40. The molecule has 1 aromatic rings. The summed E-state index contributed by atoms with van der Waals surface area (Å²) in [7, 11) is 0. The lowest BCUT2D eigenvalue weighted by atomic mass is 9.84. The number of hydrogen-bond acceptors (Lipinski definition) is 6. The fourth-order valence-corrected chi connectivity index (χ4v) is 3.25. The van der Waals surface area contributed by atoms with Gasteiger partial charge in [-0.2, -0.15) is 10.4 Å². The molecular formula is C21H32N6O4. The third-order valence-electron chi connectivity index (χ3n) is 5.05. The van der Waals surface area contributed by atoms with Gasteiger partial charge >= 0.3 is 6.09 Å². The Balaban J connectivity index is 0.000000224. The largest absolute Gasteiger partial charge is 0.444 e. The highest BCUT2D eigenvalue weighted by molar-refractivity contribution is 6.02. The van der Waals surface area contributed by atoms with Gasteiger partial charge in [-0.25, -0.2) is 4.79 Å². The zero-order valence-corrected chi connectivity index (χ0v) is 18.4. The summed E-state index contributed by atoms with van der Waals surface area (Å²) in [5, 5.41) is 20.2. The fourth-order valence-electron chi connectivity index (χ4n) is 3.25. The Morgan fingerprint density at radius 3 is 2.39 bits per heavy atom. The molecule has 2 saturated carbocycles. The summed E-state index contributed by atoms with van der Waals surface area (Å²) in [5.41, 5.74) is 4.84. The van der Waals surface area contributed by atoms with Gasteiger partial charge in [-0.3, -0.25) is 14.7 Å². The van der Waals surface area contributed by atoms with Crippen molar-refractivity contribution in [2.75, 3.05) is 5.32 Å². The number of primary amides is 1. The molecule has 0 atom stereocenters. The molecule has 0 unspecified atom stereocenters. The lowest BCUT2D eigenvalue weighted by molar-refractivity contribution is -0.117. The van der Waals surface area contributed by atoms with Crippen LogP contribution in [0.15, 0.2) is 6.20 Å². The molecule has 1 heterocycles. The van der Waals surface area contributed by atoms with Crippen LogP contribution in [0.1, 0.15) is 76.1 Å². The number of aromatic nitrogens is 2. The maximum atomic E-state index is 11.5. The summed E-state index contributed by atoms with van der Waals surface area (Å²) in [6.45, 7) is 5.57. The molecule has 5 N–H and O–H groups in total. The molecule has 3 amide bonds. The summed E-state index contributed by atoms with van der Waals surface area (Å²) < 4.78 is 5.21. The van der Waals surface area contributed by atoms with E-state index in [1.807, 2.05) is 20.8 Å². The van der Waals surface area contributed by atoms with Gasteiger partial charge < -0.3 is 21.1 Å². The zero-order chi connectivity index (χ0) is 23.0. The highest BCUT2D eigenvalue weighted by Gasteiger charge is 2.30. The lowest BCUT2D eigenvalue weighted by Gasteiger charge is -2.29. The molecule has 0 aromatic carbocycles. The minimum Gasteiger partial charge on any atom is -0.444 e. The molecule has 0 radical (unpaired) electrons. The standard InChI is InChI=1S/C13H22N2O2.C8H10N4O2/c1-13(2,3)17-12(16)15-11-6-4-10(5-7-11)8-9-14;9-6(13)5-3-10-12-7(5)11-8(14)4-1-2-4/h10-11H,4-8H2,1-3H3,(H,15,16);3-4H,1-2H2,(H2,9,13)(H2,10,11,12,14). The van der Waals surface area contributed by atoms with Crippen molar-refractivity contribution in [3.05, 3.63) is 11.8 Å². The van der Waals surface area contributed by atoms with E-state index in [2.05, 4.69) is 26.9 Å². The minimum absolute atomic E-state index is 0.0824. The summed E-state index contributed by atoms with van der Waals surface area (Å²) in [4.78, 5) is 33.7. The second-order valence-corrected chi connectivity index (χ2v) is 9.01. The fraction of sp³-hybridized carbons (Fsp3) is 0.667. The predicted molar refractivity (Wildman–Crippen MR) is 114 cm³/mol. The first-order valence-electron chi connectivity index (χ1n) is 10.6. The molecular weight excluding hydrogens is 400 g/mol. The van der Waals surface area contributed by atoms with Gasteiger partial charge in [0, 0.05) is 18.4 Å². The number of H-pyrrole nitrogens is 1. The number of amides is 3. The van der Waals surface area contributed by atoms with Crippen LogP contribution < -0.4 is 16.4 Å². The Morgan fingerprint density at radius 2 is 1.87 bits per heavy atom. The number of nitrogens with one attached hydrogen (secondary N) is 3. The normalized spacial score (nSPS) is 20.5. The number of nitrogens with two attached hydrogens (primary N) is 1. The van der Waals surface area contributed by atoms with Crippen LogP contribution in [0.4, 0.5) is 10.6 Å². The first kappa shape index (κ1) is 24.2. The Bertz CT molecular complexity index is 811. The van der Waals surface area contributed by atoms with Gasteiger partial charge in [0.25, 0.3) is 5.91 Å². The molecule has 10 nitrogen and oxygen atoms in total. The van der Waals surface area contributed by atoms with E-state index in [-0.39, 0.29) is 35.3 Å². The zero-order valence-electron chi connectivity index (χ0n) is 18.4. The van der Waals surface area contributed by atoms with Gasteiger partial charge in [0.2, 0.25) is 5.91 Å². The van der Waals surface area contributed by atoms with Gasteiger partial charge in [0.15, 0.2) is 0 Å². The number of nitriles is 1. The van der Waals surface area contributed by atoms with Crippen molar-refractivity contribution in [1.82, 2.24) is 15.5 Å². The molecule has 2 aliphatic carbocycles. The molecule has 2 aliphatic rings. The third-order valence-corrected chi connectivity index (χ3v) is 5.05. The summed E-state index contributed by atoms with van der Waals surface area (Å²) >= 11 is 0. The summed E-state index contributed by atoms with van der Waals surface area (Å²) in [6, 6.07) is 2.42.